The van der Waals surface area contributed by atoms with Gasteiger partial charge in [0.1, 0.15) is 0 Å². The van der Waals surface area contributed by atoms with Gasteiger partial charge in [-0.1, -0.05) is 136 Å². The second-order valence-corrected chi connectivity index (χ2v) is 10.6. The van der Waals surface area contributed by atoms with E-state index >= 15 is 0 Å². The van der Waals surface area contributed by atoms with Crippen LogP contribution < -0.4 is 0 Å². The molecule has 0 aliphatic heterocycles. The number of hydrogen-bond acceptors (Lipinski definition) is 0. The zero-order valence-corrected chi connectivity index (χ0v) is 20.3. The Morgan fingerprint density at radius 2 is 0.697 bits per heavy atom. The van der Waals surface area contributed by atoms with E-state index in [4.69, 9.17) is 0 Å². The summed E-state index contributed by atoms with van der Waals surface area (Å²) >= 11 is 0. The predicted octanol–water partition coefficient (Wildman–Crippen LogP) is 8.24. The van der Waals surface area contributed by atoms with E-state index in [1.807, 2.05) is 0 Å². The van der Waals surface area contributed by atoms with Crippen molar-refractivity contribution < 1.29 is 0 Å². The summed E-state index contributed by atoms with van der Waals surface area (Å²) in [5.74, 6) is 0. The normalized spacial score (nSPS) is 12.0. The van der Waals surface area contributed by atoms with Crippen LogP contribution in [-0.2, 0) is 31.1 Å². The average Bonchev–Trinajstić information content (AvgIpc) is 2.81. The molecule has 0 unspecified atom stereocenters. The number of hydrogen-bond donors (Lipinski definition) is 0. The second-order valence-electron chi connectivity index (χ2n) is 10.6. The second kappa shape index (κ2) is 10.2. The Hall–Kier alpha value is -3.12. The first kappa shape index (κ1) is 23.1. The number of rotatable bonds is 8. The van der Waals surface area contributed by atoms with Crippen molar-refractivity contribution in [3.8, 4) is 0 Å². The fraction of sp³-hybridized carbons (Fsp3) is 0.273. The molecule has 168 valence electrons. The highest BCUT2D eigenvalue weighted by atomic mass is 14.4. The van der Waals surface area contributed by atoms with Crippen LogP contribution in [0.15, 0.2) is 115 Å². The molecule has 0 nitrogen and oxygen atoms in total. The molecule has 0 saturated carbocycles. The maximum Gasteiger partial charge on any atom is -0.0132 e. The monoisotopic (exact) mass is 432 g/mol. The molecule has 0 aromatic heterocycles. The topological polar surface area (TPSA) is 0 Å². The molecule has 0 N–H and O–H groups in total. The van der Waals surface area contributed by atoms with Gasteiger partial charge in [-0.05, 0) is 64.3 Å². The van der Waals surface area contributed by atoms with Crippen LogP contribution in [0.1, 0.15) is 48.6 Å². The Morgan fingerprint density at radius 3 is 1.00 bits per heavy atom. The van der Waals surface area contributed by atoms with Gasteiger partial charge in [0.25, 0.3) is 0 Å². The van der Waals surface area contributed by atoms with Gasteiger partial charge in [0.2, 0.25) is 0 Å². The Morgan fingerprint density at radius 1 is 0.394 bits per heavy atom. The fourth-order valence-corrected chi connectivity index (χ4v) is 5.02. The van der Waals surface area contributed by atoms with Gasteiger partial charge in [-0.15, -0.1) is 0 Å². The fourth-order valence-electron chi connectivity index (χ4n) is 5.02. The summed E-state index contributed by atoms with van der Waals surface area (Å²) in [4.78, 5) is 0. The summed E-state index contributed by atoms with van der Waals surface area (Å²) in [5, 5.41) is 0. The van der Waals surface area contributed by atoms with Crippen molar-refractivity contribution in [2.45, 2.75) is 51.9 Å². The van der Waals surface area contributed by atoms with E-state index in [1.54, 1.807) is 0 Å². The molecule has 0 aliphatic rings. The summed E-state index contributed by atoms with van der Waals surface area (Å²) in [6.07, 6.45) is 4.21. The molecule has 0 atom stereocenters. The Balaban J connectivity index is 1.74. The lowest BCUT2D eigenvalue weighted by atomic mass is 9.68. The van der Waals surface area contributed by atoms with Crippen LogP contribution in [0.25, 0.3) is 0 Å². The van der Waals surface area contributed by atoms with Gasteiger partial charge in [0.05, 0.1) is 0 Å². The first-order valence-electron chi connectivity index (χ1n) is 12.1. The minimum absolute atomic E-state index is 0.0906. The summed E-state index contributed by atoms with van der Waals surface area (Å²) in [5.41, 5.74) is 7.32. The van der Waals surface area contributed by atoms with Crippen LogP contribution in [-0.4, -0.2) is 0 Å². The average molecular weight is 433 g/mol. The highest BCUT2D eigenvalue weighted by Gasteiger charge is 2.32. The molecule has 0 heteroatoms. The molecule has 4 aromatic rings. The van der Waals surface area contributed by atoms with Gasteiger partial charge in [-0.3, -0.25) is 0 Å². The molecule has 0 heterocycles. The van der Waals surface area contributed by atoms with Crippen molar-refractivity contribution in [3.63, 3.8) is 0 Å². The van der Waals surface area contributed by atoms with Crippen LogP contribution in [0.5, 0.6) is 0 Å². The molecule has 0 aliphatic carbocycles. The van der Waals surface area contributed by atoms with Gasteiger partial charge >= 0.3 is 0 Å². The molecule has 0 bridgehead atoms. The molecule has 0 fully saturated rings. The molecular formula is C33H36. The van der Waals surface area contributed by atoms with Crippen LogP contribution in [0, 0.1) is 5.41 Å². The Bertz CT molecular complexity index is 1000. The van der Waals surface area contributed by atoms with Crippen LogP contribution in [0.3, 0.4) is 0 Å². The lowest BCUT2D eigenvalue weighted by molar-refractivity contribution is 0.275. The zero-order chi connectivity index (χ0) is 23.2. The highest BCUT2D eigenvalue weighted by Crippen LogP contribution is 2.36. The van der Waals surface area contributed by atoms with Crippen LogP contribution in [0.4, 0.5) is 0 Å². The predicted molar refractivity (Wildman–Crippen MR) is 142 cm³/mol. The maximum atomic E-state index is 2.36. The molecule has 33 heavy (non-hydrogen) atoms. The molecule has 0 saturated heterocycles. The minimum atomic E-state index is 0.0906. The molecular weight excluding hydrogens is 396 g/mol. The molecule has 0 spiro atoms. The van der Waals surface area contributed by atoms with E-state index in [9.17, 15) is 0 Å². The highest BCUT2D eigenvalue weighted by molar-refractivity contribution is 5.31. The van der Waals surface area contributed by atoms with Crippen molar-refractivity contribution in [1.82, 2.24) is 0 Å². The molecule has 0 amide bonds. The van der Waals surface area contributed by atoms with Gasteiger partial charge in [0, 0.05) is 0 Å². The van der Waals surface area contributed by atoms with E-state index in [-0.39, 0.29) is 10.8 Å². The smallest absolute Gasteiger partial charge is 0.0132 e. The minimum Gasteiger partial charge on any atom is -0.0622 e. The van der Waals surface area contributed by atoms with Gasteiger partial charge < -0.3 is 0 Å². The first-order chi connectivity index (χ1) is 15.9. The summed E-state index contributed by atoms with van der Waals surface area (Å²) in [6, 6.07) is 42.4. The third-order valence-electron chi connectivity index (χ3n) is 6.66. The first-order valence-corrected chi connectivity index (χ1v) is 12.1. The third-order valence-corrected chi connectivity index (χ3v) is 6.66. The lowest BCUT2D eigenvalue weighted by Gasteiger charge is -2.35. The largest absolute Gasteiger partial charge is 0.0622 e. The van der Waals surface area contributed by atoms with Crippen molar-refractivity contribution >= 4 is 0 Å². The van der Waals surface area contributed by atoms with E-state index in [2.05, 4.69) is 136 Å². The van der Waals surface area contributed by atoms with Crippen molar-refractivity contribution in [1.29, 1.82) is 0 Å². The van der Waals surface area contributed by atoms with Gasteiger partial charge in [-0.25, -0.2) is 0 Å². The zero-order valence-electron chi connectivity index (χ0n) is 20.3. The van der Waals surface area contributed by atoms with Crippen LogP contribution >= 0.6 is 0 Å². The maximum absolute atomic E-state index is 2.36. The standard InChI is InChI=1S/C33H36/c1-32(2,3)31-21-19-30(20-22-31)26-33(23-27-13-7-4-8-14-27,24-28-15-9-5-10-16-28)25-29-17-11-6-12-18-29/h4-22H,23-26H2,1-3H3. The molecule has 4 aromatic carbocycles. The van der Waals surface area contributed by atoms with E-state index in [1.165, 1.54) is 27.8 Å². The summed E-state index contributed by atoms with van der Waals surface area (Å²) in [7, 11) is 0. The van der Waals surface area contributed by atoms with Crippen molar-refractivity contribution in [2.75, 3.05) is 0 Å². The summed E-state index contributed by atoms with van der Waals surface area (Å²) < 4.78 is 0. The van der Waals surface area contributed by atoms with Crippen molar-refractivity contribution in [2.24, 2.45) is 5.41 Å². The SMILES string of the molecule is CC(C)(C)c1ccc(CC(Cc2ccccc2)(Cc2ccccc2)Cc2ccccc2)cc1. The van der Waals surface area contributed by atoms with E-state index < -0.39 is 0 Å². The van der Waals surface area contributed by atoms with Crippen LogP contribution in [0.2, 0.25) is 0 Å². The quantitative estimate of drug-likeness (QED) is 0.263. The Kier molecular flexibility index (Phi) is 7.14. The molecule has 4 rings (SSSR count). The van der Waals surface area contributed by atoms with Gasteiger partial charge in [-0.2, -0.15) is 0 Å². The third kappa shape index (κ3) is 6.45. The Labute approximate surface area is 200 Å². The summed E-state index contributed by atoms with van der Waals surface area (Å²) in [6.45, 7) is 6.85. The molecule has 0 radical (unpaired) electrons. The number of benzene rings is 4. The lowest BCUT2D eigenvalue weighted by Crippen LogP contribution is -2.32. The van der Waals surface area contributed by atoms with E-state index in [0.29, 0.717) is 0 Å². The van der Waals surface area contributed by atoms with Gasteiger partial charge in [0.15, 0.2) is 0 Å². The van der Waals surface area contributed by atoms with E-state index in [0.717, 1.165) is 25.7 Å². The van der Waals surface area contributed by atoms with Crippen molar-refractivity contribution in [3.05, 3.63) is 143 Å².